The molecule has 18 heavy (non-hydrogen) atoms. The van der Waals surface area contributed by atoms with Crippen molar-refractivity contribution in [1.29, 1.82) is 0 Å². The van der Waals surface area contributed by atoms with Crippen LogP contribution >= 0.6 is 0 Å². The summed E-state index contributed by atoms with van der Waals surface area (Å²) in [4.78, 5) is 15.0. The number of rotatable bonds is 5. The number of aryl methyl sites for hydroxylation is 1. The minimum Gasteiger partial charge on any atom is -0.415 e. The third kappa shape index (κ3) is 3.52. The molecule has 0 aliphatic carbocycles. The van der Waals surface area contributed by atoms with Gasteiger partial charge in [-0.05, 0) is 25.1 Å². The molecule has 0 spiro atoms. The van der Waals surface area contributed by atoms with Crippen molar-refractivity contribution in [2.45, 2.75) is 52.4 Å². The van der Waals surface area contributed by atoms with E-state index in [1.165, 1.54) is 0 Å². The molecule has 1 aromatic heterocycles. The second-order valence-corrected chi connectivity index (χ2v) is 11.0. The van der Waals surface area contributed by atoms with Crippen LogP contribution in [0.4, 0.5) is 0 Å². The maximum absolute atomic E-state index is 10.8. The summed E-state index contributed by atoms with van der Waals surface area (Å²) >= 11 is 0. The Morgan fingerprint density at radius 3 is 2.56 bits per heavy atom. The van der Waals surface area contributed by atoms with Crippen LogP contribution in [0, 0.1) is 6.92 Å². The number of carbonyl (C=O) groups excluding carboxylic acids is 1. The van der Waals surface area contributed by atoms with Crippen molar-refractivity contribution in [3.63, 3.8) is 0 Å². The quantitative estimate of drug-likeness (QED) is 0.609. The summed E-state index contributed by atoms with van der Waals surface area (Å²) in [6.07, 6.45) is 2.68. The van der Waals surface area contributed by atoms with Crippen molar-refractivity contribution >= 4 is 14.6 Å². The third-order valence-corrected chi connectivity index (χ3v) is 8.17. The molecule has 0 amide bonds. The molecule has 0 saturated heterocycles. The predicted molar refractivity (Wildman–Crippen MR) is 75.5 cm³/mol. The highest BCUT2D eigenvalue weighted by Gasteiger charge is 2.36. The Labute approximate surface area is 110 Å². The van der Waals surface area contributed by atoms with Crippen LogP contribution in [-0.2, 0) is 11.0 Å². The molecule has 4 nitrogen and oxygen atoms in total. The van der Waals surface area contributed by atoms with Gasteiger partial charge in [-0.25, -0.2) is 4.98 Å². The Kier molecular flexibility index (Phi) is 4.50. The number of aromatic nitrogens is 2. The van der Waals surface area contributed by atoms with E-state index in [0.29, 0.717) is 19.0 Å². The molecule has 0 fully saturated rings. The number of aldehydes is 1. The van der Waals surface area contributed by atoms with Crippen LogP contribution in [0.3, 0.4) is 0 Å². The van der Waals surface area contributed by atoms with Gasteiger partial charge in [-0.3, -0.25) is 4.79 Å². The van der Waals surface area contributed by atoms with E-state index < -0.39 is 8.32 Å². The second kappa shape index (κ2) is 5.36. The van der Waals surface area contributed by atoms with E-state index in [2.05, 4.69) is 38.8 Å². The summed E-state index contributed by atoms with van der Waals surface area (Å²) in [5, 5.41) is 0.214. The molecule has 0 aliphatic heterocycles. The Balaban J connectivity index is 2.59. The number of carbonyl (C=O) groups is 1. The van der Waals surface area contributed by atoms with Gasteiger partial charge in [0, 0.05) is 12.7 Å². The van der Waals surface area contributed by atoms with Crippen molar-refractivity contribution < 1.29 is 9.22 Å². The van der Waals surface area contributed by atoms with Gasteiger partial charge in [-0.15, -0.1) is 0 Å². The van der Waals surface area contributed by atoms with Gasteiger partial charge < -0.3 is 8.99 Å². The number of nitrogens with zero attached hydrogens (tertiary/aromatic N) is 2. The maximum atomic E-state index is 10.8. The molecule has 5 heteroatoms. The average molecular weight is 268 g/mol. The van der Waals surface area contributed by atoms with Gasteiger partial charge in [0.1, 0.15) is 0 Å². The summed E-state index contributed by atoms with van der Waals surface area (Å²) < 4.78 is 7.94. The SMILES string of the molecule is Cc1cn(CCO[Si](C)(C)C(C)(C)C)c(C=O)n1. The summed E-state index contributed by atoms with van der Waals surface area (Å²) in [5.41, 5.74) is 0.865. The van der Waals surface area contributed by atoms with E-state index in [4.69, 9.17) is 4.43 Å². The predicted octanol–water partition coefficient (Wildman–Crippen LogP) is 3.03. The Morgan fingerprint density at radius 1 is 1.44 bits per heavy atom. The first kappa shape index (κ1) is 15.1. The monoisotopic (exact) mass is 268 g/mol. The number of hydrogen-bond acceptors (Lipinski definition) is 3. The van der Waals surface area contributed by atoms with Gasteiger partial charge in [-0.2, -0.15) is 0 Å². The molecule has 0 saturated carbocycles. The van der Waals surface area contributed by atoms with E-state index in [1.54, 1.807) is 0 Å². The molecule has 0 aliphatic rings. The van der Waals surface area contributed by atoms with Crippen molar-refractivity contribution in [3.8, 4) is 0 Å². The Morgan fingerprint density at radius 2 is 2.06 bits per heavy atom. The smallest absolute Gasteiger partial charge is 0.192 e. The summed E-state index contributed by atoms with van der Waals surface area (Å²) in [6, 6.07) is 0. The lowest BCUT2D eigenvalue weighted by Gasteiger charge is -2.36. The standard InChI is InChI=1S/C13H24N2O2Si/c1-11-9-15(12(10-16)14-11)7-8-17-18(5,6)13(2,3)4/h9-10H,7-8H2,1-6H3. The second-order valence-electron chi connectivity index (χ2n) is 6.16. The highest BCUT2D eigenvalue weighted by atomic mass is 28.4. The summed E-state index contributed by atoms with van der Waals surface area (Å²) in [7, 11) is -1.70. The van der Waals surface area contributed by atoms with Gasteiger partial charge in [0.05, 0.1) is 12.3 Å². The van der Waals surface area contributed by atoms with Crippen LogP contribution in [0.15, 0.2) is 6.20 Å². The lowest BCUT2D eigenvalue weighted by Crippen LogP contribution is -2.41. The molecule has 1 heterocycles. The molecule has 0 aromatic carbocycles. The van der Waals surface area contributed by atoms with Crippen LogP contribution < -0.4 is 0 Å². The lowest BCUT2D eigenvalue weighted by atomic mass is 10.2. The first-order chi connectivity index (χ1) is 8.17. The molecule has 0 bridgehead atoms. The van der Waals surface area contributed by atoms with Gasteiger partial charge in [0.25, 0.3) is 0 Å². The Hall–Kier alpha value is -0.943. The van der Waals surface area contributed by atoms with Crippen LogP contribution in [-0.4, -0.2) is 30.8 Å². The molecule has 0 atom stereocenters. The van der Waals surface area contributed by atoms with Crippen molar-refractivity contribution in [2.75, 3.05) is 6.61 Å². The highest BCUT2D eigenvalue weighted by Crippen LogP contribution is 2.36. The minimum absolute atomic E-state index is 0.214. The number of imidazole rings is 1. The van der Waals surface area contributed by atoms with Crippen LogP contribution in [0.25, 0.3) is 0 Å². The van der Waals surface area contributed by atoms with Crippen LogP contribution in [0.1, 0.15) is 37.1 Å². The van der Waals surface area contributed by atoms with E-state index in [-0.39, 0.29) is 5.04 Å². The maximum Gasteiger partial charge on any atom is 0.192 e. The zero-order valence-corrected chi connectivity index (χ0v) is 13.3. The van der Waals surface area contributed by atoms with E-state index >= 15 is 0 Å². The molecule has 0 unspecified atom stereocenters. The van der Waals surface area contributed by atoms with Crippen LogP contribution in [0.5, 0.6) is 0 Å². The zero-order valence-electron chi connectivity index (χ0n) is 12.3. The van der Waals surface area contributed by atoms with Crippen molar-refractivity contribution in [2.24, 2.45) is 0 Å². The fraction of sp³-hybridized carbons (Fsp3) is 0.692. The fourth-order valence-electron chi connectivity index (χ4n) is 1.45. The average Bonchev–Trinajstić information content (AvgIpc) is 2.57. The number of hydrogen-bond donors (Lipinski definition) is 0. The van der Waals surface area contributed by atoms with Crippen molar-refractivity contribution in [3.05, 3.63) is 17.7 Å². The molecular weight excluding hydrogens is 244 g/mol. The molecule has 0 radical (unpaired) electrons. The van der Waals surface area contributed by atoms with Crippen molar-refractivity contribution in [1.82, 2.24) is 9.55 Å². The van der Waals surface area contributed by atoms with E-state index in [0.717, 1.165) is 12.0 Å². The Bertz CT molecular complexity index is 419. The third-order valence-electron chi connectivity index (χ3n) is 3.63. The van der Waals surface area contributed by atoms with E-state index in [9.17, 15) is 4.79 Å². The topological polar surface area (TPSA) is 44.1 Å². The summed E-state index contributed by atoms with van der Waals surface area (Å²) in [5.74, 6) is 0.478. The molecule has 0 N–H and O–H groups in total. The van der Waals surface area contributed by atoms with Gasteiger partial charge in [0.15, 0.2) is 20.4 Å². The van der Waals surface area contributed by atoms with E-state index in [1.807, 2.05) is 17.7 Å². The van der Waals surface area contributed by atoms with Gasteiger partial charge in [0.2, 0.25) is 0 Å². The largest absolute Gasteiger partial charge is 0.415 e. The first-order valence-electron chi connectivity index (χ1n) is 6.30. The molecule has 102 valence electrons. The first-order valence-corrected chi connectivity index (χ1v) is 9.21. The molecular formula is C13H24N2O2Si. The normalized spacial score (nSPS) is 12.8. The molecule has 1 rings (SSSR count). The van der Waals surface area contributed by atoms with Gasteiger partial charge >= 0.3 is 0 Å². The fourth-order valence-corrected chi connectivity index (χ4v) is 2.49. The van der Waals surface area contributed by atoms with Gasteiger partial charge in [-0.1, -0.05) is 20.8 Å². The highest BCUT2D eigenvalue weighted by molar-refractivity contribution is 6.74. The zero-order chi connectivity index (χ0) is 14.0. The lowest BCUT2D eigenvalue weighted by molar-refractivity contribution is 0.111. The van der Waals surface area contributed by atoms with Crippen LogP contribution in [0.2, 0.25) is 18.1 Å². The summed E-state index contributed by atoms with van der Waals surface area (Å²) in [6.45, 7) is 14.3. The minimum atomic E-state index is -1.70. The molecule has 1 aromatic rings.